The van der Waals surface area contributed by atoms with E-state index >= 15 is 0 Å². The Morgan fingerprint density at radius 1 is 1.50 bits per heavy atom. The second-order valence-corrected chi connectivity index (χ2v) is 3.58. The van der Waals surface area contributed by atoms with E-state index in [4.69, 9.17) is 0 Å². The Balaban J connectivity index is 2.67. The van der Waals surface area contributed by atoms with Crippen LogP contribution in [0.2, 0.25) is 0 Å². The molecule has 0 bridgehead atoms. The van der Waals surface area contributed by atoms with Crippen molar-refractivity contribution in [3.63, 3.8) is 0 Å². The average molecular weight is 152 g/mol. The van der Waals surface area contributed by atoms with E-state index in [0.717, 1.165) is 6.42 Å². The molecule has 1 rings (SSSR count). The monoisotopic (exact) mass is 152 g/mol. The quantitative estimate of drug-likeness (QED) is 0.608. The molecule has 10 heavy (non-hydrogen) atoms. The molecule has 0 saturated carbocycles. The number of rotatable bonds is 2. The van der Waals surface area contributed by atoms with Crippen LogP contribution in [-0.4, -0.2) is 0 Å². The van der Waals surface area contributed by atoms with Crippen molar-refractivity contribution >= 4 is 17.4 Å². The predicted molar refractivity (Wildman–Crippen MR) is 48.4 cm³/mol. The largest absolute Gasteiger partial charge is 0.141 e. The summed E-state index contributed by atoms with van der Waals surface area (Å²) in [6.45, 7) is 4.28. The predicted octanol–water partition coefficient (Wildman–Crippen LogP) is 3.48. The number of thiophene rings is 1. The highest BCUT2D eigenvalue weighted by molar-refractivity contribution is 7.12. The third kappa shape index (κ3) is 1.99. The van der Waals surface area contributed by atoms with Crippen LogP contribution in [0.15, 0.2) is 18.2 Å². The van der Waals surface area contributed by atoms with Gasteiger partial charge in [-0.05, 0) is 31.6 Å². The van der Waals surface area contributed by atoms with E-state index < -0.39 is 0 Å². The first-order chi connectivity index (χ1) is 4.83. The van der Waals surface area contributed by atoms with Crippen molar-refractivity contribution in [3.05, 3.63) is 28.0 Å². The van der Waals surface area contributed by atoms with Crippen molar-refractivity contribution in [1.82, 2.24) is 0 Å². The van der Waals surface area contributed by atoms with Crippen molar-refractivity contribution < 1.29 is 0 Å². The second kappa shape index (κ2) is 3.57. The van der Waals surface area contributed by atoms with Crippen LogP contribution >= 0.6 is 11.3 Å². The first-order valence-electron chi connectivity index (χ1n) is 3.56. The molecule has 0 aliphatic carbocycles. The number of hydrogen-bond donors (Lipinski definition) is 0. The molecule has 1 aromatic heterocycles. The molecule has 0 N–H and O–H groups in total. The summed E-state index contributed by atoms with van der Waals surface area (Å²) in [4.78, 5) is 2.75. The SMILES string of the molecule is CC/C=C/c1ccc(C)s1. The van der Waals surface area contributed by atoms with E-state index in [1.165, 1.54) is 9.75 Å². The Labute approximate surface area is 66.2 Å². The highest BCUT2D eigenvalue weighted by Crippen LogP contribution is 2.16. The van der Waals surface area contributed by atoms with Gasteiger partial charge in [0.25, 0.3) is 0 Å². The van der Waals surface area contributed by atoms with Gasteiger partial charge in [-0.1, -0.05) is 13.0 Å². The molecule has 0 aromatic carbocycles. The molecule has 54 valence electrons. The molecule has 1 heterocycles. The molecule has 0 aliphatic heterocycles. The molecule has 0 fully saturated rings. The van der Waals surface area contributed by atoms with Crippen LogP contribution in [-0.2, 0) is 0 Å². The van der Waals surface area contributed by atoms with E-state index in [9.17, 15) is 0 Å². The summed E-state index contributed by atoms with van der Waals surface area (Å²) in [7, 11) is 0. The van der Waals surface area contributed by atoms with E-state index in [1.54, 1.807) is 0 Å². The van der Waals surface area contributed by atoms with Crippen molar-refractivity contribution in [1.29, 1.82) is 0 Å². The van der Waals surface area contributed by atoms with Crippen molar-refractivity contribution in [2.75, 3.05) is 0 Å². The Morgan fingerprint density at radius 3 is 2.80 bits per heavy atom. The average Bonchev–Trinajstić information content (AvgIpc) is 2.31. The standard InChI is InChI=1S/C9H12S/c1-3-4-5-9-7-6-8(2)10-9/h4-7H,3H2,1-2H3/b5-4+. The summed E-state index contributed by atoms with van der Waals surface area (Å²) in [5.74, 6) is 0. The zero-order chi connectivity index (χ0) is 7.40. The molecule has 0 spiro atoms. The van der Waals surface area contributed by atoms with Gasteiger partial charge in [-0.2, -0.15) is 0 Å². The Morgan fingerprint density at radius 2 is 2.30 bits per heavy atom. The normalized spacial score (nSPS) is 11.0. The van der Waals surface area contributed by atoms with Crippen molar-refractivity contribution in [2.45, 2.75) is 20.3 Å². The molecule has 1 heteroatoms. The fraction of sp³-hybridized carbons (Fsp3) is 0.333. The minimum absolute atomic E-state index is 1.12. The second-order valence-electron chi connectivity index (χ2n) is 2.26. The van der Waals surface area contributed by atoms with Crippen LogP contribution in [0.4, 0.5) is 0 Å². The zero-order valence-corrected chi connectivity index (χ0v) is 7.24. The van der Waals surface area contributed by atoms with Gasteiger partial charge in [-0.15, -0.1) is 11.3 Å². The van der Waals surface area contributed by atoms with Gasteiger partial charge in [0.05, 0.1) is 0 Å². The van der Waals surface area contributed by atoms with E-state index in [0.29, 0.717) is 0 Å². The molecule has 0 unspecified atom stereocenters. The van der Waals surface area contributed by atoms with Crippen LogP contribution < -0.4 is 0 Å². The molecule has 0 amide bonds. The summed E-state index contributed by atoms with van der Waals surface area (Å²) in [6.07, 6.45) is 5.49. The molecular formula is C9H12S. The maximum Gasteiger partial charge on any atom is 0.0269 e. The van der Waals surface area contributed by atoms with Crippen LogP contribution in [0.1, 0.15) is 23.1 Å². The first-order valence-corrected chi connectivity index (χ1v) is 4.37. The third-order valence-corrected chi connectivity index (χ3v) is 2.24. The fourth-order valence-corrected chi connectivity index (χ4v) is 1.59. The van der Waals surface area contributed by atoms with E-state index in [1.807, 2.05) is 11.3 Å². The molecular weight excluding hydrogens is 140 g/mol. The zero-order valence-electron chi connectivity index (χ0n) is 6.42. The van der Waals surface area contributed by atoms with Crippen LogP contribution in [0, 0.1) is 6.92 Å². The van der Waals surface area contributed by atoms with Crippen molar-refractivity contribution in [2.24, 2.45) is 0 Å². The lowest BCUT2D eigenvalue weighted by atomic mass is 10.3. The molecule has 0 atom stereocenters. The number of allylic oxidation sites excluding steroid dienone is 1. The van der Waals surface area contributed by atoms with E-state index in [2.05, 4.69) is 38.1 Å². The van der Waals surface area contributed by atoms with Crippen LogP contribution in [0.25, 0.3) is 6.08 Å². The van der Waals surface area contributed by atoms with Gasteiger partial charge >= 0.3 is 0 Å². The number of hydrogen-bond acceptors (Lipinski definition) is 1. The molecule has 1 aromatic rings. The van der Waals surface area contributed by atoms with Crippen molar-refractivity contribution in [3.8, 4) is 0 Å². The fourth-order valence-electron chi connectivity index (χ4n) is 0.777. The van der Waals surface area contributed by atoms with Gasteiger partial charge in [0.2, 0.25) is 0 Å². The molecule has 0 saturated heterocycles. The summed E-state index contributed by atoms with van der Waals surface area (Å²) < 4.78 is 0. The van der Waals surface area contributed by atoms with Crippen LogP contribution in [0.5, 0.6) is 0 Å². The summed E-state index contributed by atoms with van der Waals surface area (Å²) in [5, 5.41) is 0. The van der Waals surface area contributed by atoms with Gasteiger partial charge in [0, 0.05) is 9.75 Å². The smallest absolute Gasteiger partial charge is 0.0269 e. The van der Waals surface area contributed by atoms with Gasteiger partial charge in [-0.25, -0.2) is 0 Å². The van der Waals surface area contributed by atoms with Gasteiger partial charge in [-0.3, -0.25) is 0 Å². The minimum atomic E-state index is 1.12. The third-order valence-electron chi connectivity index (χ3n) is 1.28. The topological polar surface area (TPSA) is 0 Å². The Kier molecular flexibility index (Phi) is 2.69. The van der Waals surface area contributed by atoms with E-state index in [-0.39, 0.29) is 0 Å². The maximum absolute atomic E-state index is 2.19. The highest BCUT2D eigenvalue weighted by Gasteiger charge is 1.88. The Bertz CT molecular complexity index is 220. The molecule has 0 nitrogen and oxygen atoms in total. The number of aryl methyl sites for hydroxylation is 1. The highest BCUT2D eigenvalue weighted by atomic mass is 32.1. The Hall–Kier alpha value is -0.560. The lowest BCUT2D eigenvalue weighted by molar-refractivity contribution is 1.23. The van der Waals surface area contributed by atoms with Gasteiger partial charge in [0.1, 0.15) is 0 Å². The summed E-state index contributed by atoms with van der Waals surface area (Å²) >= 11 is 1.84. The van der Waals surface area contributed by atoms with Gasteiger partial charge < -0.3 is 0 Å². The molecule has 0 radical (unpaired) electrons. The van der Waals surface area contributed by atoms with Crippen LogP contribution in [0.3, 0.4) is 0 Å². The first kappa shape index (κ1) is 7.55. The minimum Gasteiger partial charge on any atom is -0.141 e. The molecule has 0 aliphatic rings. The summed E-state index contributed by atoms with van der Waals surface area (Å²) in [5.41, 5.74) is 0. The lowest BCUT2D eigenvalue weighted by Gasteiger charge is -1.80. The lowest BCUT2D eigenvalue weighted by Crippen LogP contribution is -1.54. The van der Waals surface area contributed by atoms with Gasteiger partial charge in [0.15, 0.2) is 0 Å². The summed E-state index contributed by atoms with van der Waals surface area (Å²) in [6, 6.07) is 4.31. The maximum atomic E-state index is 2.19.